The Bertz CT molecular complexity index is 442. The highest BCUT2D eigenvalue weighted by Gasteiger charge is 2.45. The summed E-state index contributed by atoms with van der Waals surface area (Å²) in [5.41, 5.74) is 1.76. The van der Waals surface area contributed by atoms with E-state index in [4.69, 9.17) is 0 Å². The zero-order valence-corrected chi connectivity index (χ0v) is 10.2. The van der Waals surface area contributed by atoms with Gasteiger partial charge in [0, 0.05) is 23.0 Å². The Balaban J connectivity index is 2.06. The van der Waals surface area contributed by atoms with Gasteiger partial charge in [-0.25, -0.2) is 0 Å². The van der Waals surface area contributed by atoms with E-state index < -0.39 is 0 Å². The summed E-state index contributed by atoms with van der Waals surface area (Å²) in [4.78, 5) is 24.9. The first-order valence-corrected chi connectivity index (χ1v) is 6.67. The second-order valence-corrected chi connectivity index (χ2v) is 5.55. The van der Waals surface area contributed by atoms with Gasteiger partial charge in [0.2, 0.25) is 0 Å². The van der Waals surface area contributed by atoms with E-state index in [0.29, 0.717) is 0 Å². The monoisotopic (exact) mass is 230 g/mol. The fourth-order valence-electron chi connectivity index (χ4n) is 3.64. The number of carbonyl (C=O) groups excluding carboxylic acids is 2. The van der Waals surface area contributed by atoms with E-state index >= 15 is 0 Å². The van der Waals surface area contributed by atoms with Crippen molar-refractivity contribution in [1.29, 1.82) is 0 Å². The molecule has 17 heavy (non-hydrogen) atoms. The van der Waals surface area contributed by atoms with E-state index in [1.807, 2.05) is 0 Å². The SMILES string of the molecule is C[C@H]1C=CC[C@@H]2C(=O)C3=C(CCCC3)C(=O)[C@@H]21. The maximum atomic E-state index is 12.5. The fraction of sp³-hybridized carbons (Fsp3) is 0.600. The van der Waals surface area contributed by atoms with Gasteiger partial charge in [-0.1, -0.05) is 19.1 Å². The maximum Gasteiger partial charge on any atom is 0.163 e. The molecule has 0 aromatic carbocycles. The molecule has 0 fully saturated rings. The highest BCUT2D eigenvalue weighted by molar-refractivity contribution is 6.14. The molecular weight excluding hydrogens is 212 g/mol. The summed E-state index contributed by atoms with van der Waals surface area (Å²) in [6.45, 7) is 2.06. The fourth-order valence-corrected chi connectivity index (χ4v) is 3.64. The summed E-state index contributed by atoms with van der Waals surface area (Å²) >= 11 is 0. The number of fused-ring (bicyclic) bond motifs is 1. The molecule has 2 nitrogen and oxygen atoms in total. The number of ketones is 2. The van der Waals surface area contributed by atoms with Crippen molar-refractivity contribution < 1.29 is 9.59 Å². The molecule has 2 heteroatoms. The number of Topliss-reactive ketones (excluding diaryl/α,β-unsaturated/α-hetero) is 2. The predicted molar refractivity (Wildman–Crippen MR) is 65.4 cm³/mol. The number of allylic oxidation sites excluding steroid dienone is 4. The van der Waals surface area contributed by atoms with Gasteiger partial charge in [-0.15, -0.1) is 0 Å². The van der Waals surface area contributed by atoms with Crippen molar-refractivity contribution >= 4 is 11.6 Å². The first-order chi connectivity index (χ1) is 8.20. The van der Waals surface area contributed by atoms with E-state index in [2.05, 4.69) is 19.1 Å². The van der Waals surface area contributed by atoms with E-state index in [-0.39, 0.29) is 29.3 Å². The molecule has 0 aromatic rings. The van der Waals surface area contributed by atoms with Crippen molar-refractivity contribution in [2.75, 3.05) is 0 Å². The first kappa shape index (κ1) is 10.9. The van der Waals surface area contributed by atoms with E-state index in [1.54, 1.807) is 0 Å². The molecule has 0 saturated heterocycles. The molecule has 0 unspecified atom stereocenters. The second kappa shape index (κ2) is 3.94. The van der Waals surface area contributed by atoms with Crippen LogP contribution in [-0.2, 0) is 9.59 Å². The zero-order chi connectivity index (χ0) is 12.0. The molecule has 0 N–H and O–H groups in total. The Morgan fingerprint density at radius 1 is 1.06 bits per heavy atom. The molecule has 0 aliphatic heterocycles. The van der Waals surface area contributed by atoms with Crippen molar-refractivity contribution in [3.63, 3.8) is 0 Å². The maximum absolute atomic E-state index is 12.5. The third-order valence-corrected chi connectivity index (χ3v) is 4.53. The minimum Gasteiger partial charge on any atom is -0.294 e. The molecule has 3 rings (SSSR count). The van der Waals surface area contributed by atoms with Crippen LogP contribution in [-0.4, -0.2) is 11.6 Å². The van der Waals surface area contributed by atoms with E-state index in [0.717, 1.165) is 43.3 Å². The predicted octanol–water partition coefficient (Wildman–Crippen LogP) is 2.84. The standard InChI is InChI=1S/C15H18O2/c1-9-5-4-8-12-13(9)15(17)11-7-3-2-6-10(11)14(12)16/h4-5,9,12-13H,2-3,6-8H2,1H3/t9-,12-,13+/m0/s1. The summed E-state index contributed by atoms with van der Waals surface area (Å²) in [5.74, 6) is 0.659. The van der Waals surface area contributed by atoms with Crippen molar-refractivity contribution in [1.82, 2.24) is 0 Å². The molecule has 3 aliphatic carbocycles. The Morgan fingerprint density at radius 3 is 2.41 bits per heavy atom. The average Bonchev–Trinajstić information content (AvgIpc) is 2.36. The van der Waals surface area contributed by atoms with Gasteiger partial charge in [0.15, 0.2) is 11.6 Å². The Morgan fingerprint density at radius 2 is 1.71 bits per heavy atom. The summed E-state index contributed by atoms with van der Waals surface area (Å²) < 4.78 is 0. The van der Waals surface area contributed by atoms with Gasteiger partial charge < -0.3 is 0 Å². The summed E-state index contributed by atoms with van der Waals surface area (Å²) in [6.07, 6.45) is 8.74. The van der Waals surface area contributed by atoms with Gasteiger partial charge in [-0.2, -0.15) is 0 Å². The molecular formula is C15H18O2. The normalized spacial score (nSPS) is 36.9. The van der Waals surface area contributed by atoms with Crippen molar-refractivity contribution in [3.8, 4) is 0 Å². The summed E-state index contributed by atoms with van der Waals surface area (Å²) in [7, 11) is 0. The van der Waals surface area contributed by atoms with Crippen molar-refractivity contribution in [3.05, 3.63) is 23.3 Å². The molecule has 3 aliphatic rings. The lowest BCUT2D eigenvalue weighted by Crippen LogP contribution is -2.42. The number of carbonyl (C=O) groups is 2. The third-order valence-electron chi connectivity index (χ3n) is 4.53. The van der Waals surface area contributed by atoms with Crippen LogP contribution in [0.4, 0.5) is 0 Å². The molecule has 0 bridgehead atoms. The zero-order valence-electron chi connectivity index (χ0n) is 10.2. The van der Waals surface area contributed by atoms with Gasteiger partial charge in [0.1, 0.15) is 0 Å². The molecule has 0 saturated carbocycles. The molecule has 0 aromatic heterocycles. The number of rotatable bonds is 0. The molecule has 3 atom stereocenters. The van der Waals surface area contributed by atoms with Crippen LogP contribution in [0.2, 0.25) is 0 Å². The molecule has 90 valence electrons. The molecule has 0 heterocycles. The lowest BCUT2D eigenvalue weighted by Gasteiger charge is -2.38. The number of hydrogen-bond acceptors (Lipinski definition) is 2. The van der Waals surface area contributed by atoms with Crippen LogP contribution in [0.15, 0.2) is 23.3 Å². The van der Waals surface area contributed by atoms with E-state index in [9.17, 15) is 9.59 Å². The van der Waals surface area contributed by atoms with Gasteiger partial charge in [-0.05, 0) is 38.0 Å². The van der Waals surface area contributed by atoms with Gasteiger partial charge in [-0.3, -0.25) is 9.59 Å². The number of hydrogen-bond donors (Lipinski definition) is 0. The molecule has 0 spiro atoms. The second-order valence-electron chi connectivity index (χ2n) is 5.55. The van der Waals surface area contributed by atoms with Gasteiger partial charge >= 0.3 is 0 Å². The largest absolute Gasteiger partial charge is 0.294 e. The Hall–Kier alpha value is -1.18. The van der Waals surface area contributed by atoms with Gasteiger partial charge in [0.05, 0.1) is 0 Å². The summed E-state index contributed by atoms with van der Waals surface area (Å²) in [6, 6.07) is 0. The quantitative estimate of drug-likeness (QED) is 0.600. The highest BCUT2D eigenvalue weighted by Crippen LogP contribution is 2.43. The van der Waals surface area contributed by atoms with Crippen LogP contribution in [0.1, 0.15) is 39.0 Å². The van der Waals surface area contributed by atoms with Crippen LogP contribution in [0.5, 0.6) is 0 Å². The van der Waals surface area contributed by atoms with Crippen LogP contribution < -0.4 is 0 Å². The Labute approximate surface area is 102 Å². The third kappa shape index (κ3) is 1.54. The van der Waals surface area contributed by atoms with Crippen molar-refractivity contribution in [2.45, 2.75) is 39.0 Å². The van der Waals surface area contributed by atoms with Crippen LogP contribution in [0, 0.1) is 17.8 Å². The Kier molecular flexibility index (Phi) is 2.53. The van der Waals surface area contributed by atoms with Gasteiger partial charge in [0.25, 0.3) is 0 Å². The van der Waals surface area contributed by atoms with Crippen LogP contribution in [0.3, 0.4) is 0 Å². The summed E-state index contributed by atoms with van der Waals surface area (Å²) in [5, 5.41) is 0. The molecule has 0 amide bonds. The average molecular weight is 230 g/mol. The van der Waals surface area contributed by atoms with Crippen LogP contribution in [0.25, 0.3) is 0 Å². The van der Waals surface area contributed by atoms with Crippen LogP contribution >= 0.6 is 0 Å². The minimum absolute atomic E-state index is 0.0562. The van der Waals surface area contributed by atoms with E-state index in [1.165, 1.54) is 0 Å². The minimum atomic E-state index is -0.0654. The first-order valence-electron chi connectivity index (χ1n) is 6.67. The topological polar surface area (TPSA) is 34.1 Å². The smallest absolute Gasteiger partial charge is 0.163 e. The lowest BCUT2D eigenvalue weighted by atomic mass is 9.63. The molecule has 0 radical (unpaired) electrons. The highest BCUT2D eigenvalue weighted by atomic mass is 16.1. The lowest BCUT2D eigenvalue weighted by molar-refractivity contribution is -0.132. The van der Waals surface area contributed by atoms with Crippen molar-refractivity contribution in [2.24, 2.45) is 17.8 Å².